The Morgan fingerprint density at radius 1 is 1.40 bits per heavy atom. The highest BCUT2D eigenvalue weighted by molar-refractivity contribution is 5.75. The molecule has 0 atom stereocenters. The van der Waals surface area contributed by atoms with Crippen molar-refractivity contribution in [2.45, 2.75) is 44.7 Å². The zero-order chi connectivity index (χ0) is 10.5. The van der Waals surface area contributed by atoms with Crippen LogP contribution >= 0.6 is 0 Å². The molecule has 1 saturated carbocycles. The van der Waals surface area contributed by atoms with E-state index < -0.39 is 0 Å². The molecule has 1 aromatic rings. The predicted octanol–water partition coefficient (Wildman–Crippen LogP) is 0.122. The van der Waals surface area contributed by atoms with Gasteiger partial charge in [-0.15, -0.1) is 5.10 Å². The van der Waals surface area contributed by atoms with Crippen LogP contribution < -0.4 is 5.32 Å². The third kappa shape index (κ3) is 3.00. The topological polar surface area (TPSA) is 72.7 Å². The van der Waals surface area contributed by atoms with Gasteiger partial charge in [-0.25, -0.2) is 4.68 Å². The predicted molar refractivity (Wildman–Crippen MR) is 52.8 cm³/mol. The summed E-state index contributed by atoms with van der Waals surface area (Å²) in [6.07, 6.45) is 7.37. The van der Waals surface area contributed by atoms with Crippen LogP contribution in [0.5, 0.6) is 0 Å². The van der Waals surface area contributed by atoms with Gasteiger partial charge in [-0.2, -0.15) is 0 Å². The second-order valence-electron chi connectivity index (χ2n) is 3.91. The second-order valence-corrected chi connectivity index (χ2v) is 3.91. The maximum absolute atomic E-state index is 11.6. The smallest absolute Gasteiger partial charge is 0.242 e. The standard InChI is InChI=1S/C9H15N5O/c15-9(6-14-7-10-12-13-14)11-8-4-2-1-3-5-8/h7-8H,1-6H2,(H,11,15). The molecule has 6 heteroatoms. The number of carbonyl (C=O) groups excluding carboxylic acids is 1. The van der Waals surface area contributed by atoms with E-state index in [-0.39, 0.29) is 12.5 Å². The fraction of sp³-hybridized carbons (Fsp3) is 0.778. The molecule has 2 rings (SSSR count). The molecule has 1 aliphatic carbocycles. The highest BCUT2D eigenvalue weighted by Gasteiger charge is 2.15. The summed E-state index contributed by atoms with van der Waals surface area (Å²) in [5.74, 6) is -0.00537. The normalized spacial score (nSPS) is 17.6. The Hall–Kier alpha value is -1.46. The monoisotopic (exact) mass is 209 g/mol. The number of tetrazole rings is 1. The van der Waals surface area contributed by atoms with Gasteiger partial charge in [-0.1, -0.05) is 19.3 Å². The molecule has 0 aromatic carbocycles. The van der Waals surface area contributed by atoms with E-state index in [2.05, 4.69) is 20.8 Å². The summed E-state index contributed by atoms with van der Waals surface area (Å²) >= 11 is 0. The van der Waals surface area contributed by atoms with Crippen LogP contribution in [0.2, 0.25) is 0 Å². The van der Waals surface area contributed by atoms with E-state index in [1.165, 1.54) is 30.3 Å². The van der Waals surface area contributed by atoms with Crippen molar-refractivity contribution in [3.8, 4) is 0 Å². The maximum atomic E-state index is 11.6. The lowest BCUT2D eigenvalue weighted by Crippen LogP contribution is -2.38. The van der Waals surface area contributed by atoms with Gasteiger partial charge in [0.25, 0.3) is 0 Å². The SMILES string of the molecule is O=C(Cn1cnnn1)NC1CCCCC1. The molecule has 0 saturated heterocycles. The molecule has 1 aliphatic rings. The maximum Gasteiger partial charge on any atom is 0.242 e. The minimum absolute atomic E-state index is 0.00537. The molecule has 0 unspecified atom stereocenters. The fourth-order valence-electron chi connectivity index (χ4n) is 1.92. The zero-order valence-corrected chi connectivity index (χ0v) is 8.59. The van der Waals surface area contributed by atoms with E-state index in [0.29, 0.717) is 6.04 Å². The molecule has 1 N–H and O–H groups in total. The summed E-state index contributed by atoms with van der Waals surface area (Å²) in [6.45, 7) is 0.212. The molecule has 82 valence electrons. The number of nitrogens with zero attached hydrogens (tertiary/aromatic N) is 4. The van der Waals surface area contributed by atoms with Crippen molar-refractivity contribution in [3.05, 3.63) is 6.33 Å². The van der Waals surface area contributed by atoms with Gasteiger partial charge in [0.15, 0.2) is 0 Å². The highest BCUT2D eigenvalue weighted by atomic mass is 16.2. The van der Waals surface area contributed by atoms with E-state index in [4.69, 9.17) is 0 Å². The Morgan fingerprint density at radius 3 is 2.87 bits per heavy atom. The van der Waals surface area contributed by atoms with Crippen molar-refractivity contribution >= 4 is 5.91 Å². The molecule has 1 amide bonds. The molecule has 0 bridgehead atoms. The molecular formula is C9H15N5O. The summed E-state index contributed by atoms with van der Waals surface area (Å²) < 4.78 is 1.43. The van der Waals surface area contributed by atoms with Gasteiger partial charge in [-0.05, 0) is 23.3 Å². The van der Waals surface area contributed by atoms with Crippen LogP contribution in [0.4, 0.5) is 0 Å². The van der Waals surface area contributed by atoms with Crippen LogP contribution in [0.1, 0.15) is 32.1 Å². The van der Waals surface area contributed by atoms with Gasteiger partial charge >= 0.3 is 0 Å². The molecule has 1 aromatic heterocycles. The van der Waals surface area contributed by atoms with Crippen LogP contribution in [-0.2, 0) is 11.3 Å². The average molecular weight is 209 g/mol. The largest absolute Gasteiger partial charge is 0.352 e. The van der Waals surface area contributed by atoms with Gasteiger partial charge in [0, 0.05) is 6.04 Å². The Kier molecular flexibility index (Phi) is 3.26. The quantitative estimate of drug-likeness (QED) is 0.767. The van der Waals surface area contributed by atoms with Crippen LogP contribution in [0, 0.1) is 0 Å². The molecule has 0 aliphatic heterocycles. The van der Waals surface area contributed by atoms with Gasteiger partial charge in [0.05, 0.1) is 0 Å². The first-order valence-corrected chi connectivity index (χ1v) is 5.35. The van der Waals surface area contributed by atoms with Crippen LogP contribution in [0.15, 0.2) is 6.33 Å². The molecule has 1 fully saturated rings. The Morgan fingerprint density at radius 2 is 2.20 bits per heavy atom. The number of hydrogen-bond acceptors (Lipinski definition) is 4. The molecule has 0 radical (unpaired) electrons. The lowest BCUT2D eigenvalue weighted by atomic mass is 9.95. The number of nitrogens with one attached hydrogen (secondary N) is 1. The van der Waals surface area contributed by atoms with E-state index in [1.807, 2.05) is 0 Å². The average Bonchev–Trinajstić information content (AvgIpc) is 2.71. The van der Waals surface area contributed by atoms with Gasteiger partial charge in [0.1, 0.15) is 12.9 Å². The molecule has 15 heavy (non-hydrogen) atoms. The van der Waals surface area contributed by atoms with E-state index in [0.717, 1.165) is 12.8 Å². The molecule has 6 nitrogen and oxygen atoms in total. The highest BCUT2D eigenvalue weighted by Crippen LogP contribution is 2.17. The fourth-order valence-corrected chi connectivity index (χ4v) is 1.92. The van der Waals surface area contributed by atoms with Crippen LogP contribution in [-0.4, -0.2) is 32.2 Å². The third-order valence-electron chi connectivity index (χ3n) is 2.67. The zero-order valence-electron chi connectivity index (χ0n) is 8.59. The minimum Gasteiger partial charge on any atom is -0.352 e. The first-order valence-electron chi connectivity index (χ1n) is 5.35. The summed E-state index contributed by atoms with van der Waals surface area (Å²) in [6, 6.07) is 0.350. The Labute approximate surface area is 88.0 Å². The number of hydrogen-bond donors (Lipinski definition) is 1. The van der Waals surface area contributed by atoms with E-state index in [1.54, 1.807) is 0 Å². The summed E-state index contributed by atoms with van der Waals surface area (Å²) in [5.41, 5.74) is 0. The van der Waals surface area contributed by atoms with Crippen molar-refractivity contribution < 1.29 is 4.79 Å². The number of carbonyl (C=O) groups is 1. The molecule has 1 heterocycles. The van der Waals surface area contributed by atoms with Crippen LogP contribution in [0.3, 0.4) is 0 Å². The molecular weight excluding hydrogens is 194 g/mol. The van der Waals surface area contributed by atoms with Crippen LogP contribution in [0.25, 0.3) is 0 Å². The van der Waals surface area contributed by atoms with Crippen molar-refractivity contribution in [1.29, 1.82) is 0 Å². The van der Waals surface area contributed by atoms with E-state index in [9.17, 15) is 4.79 Å². The minimum atomic E-state index is -0.00537. The summed E-state index contributed by atoms with van der Waals surface area (Å²) in [4.78, 5) is 11.6. The van der Waals surface area contributed by atoms with Crippen molar-refractivity contribution in [2.24, 2.45) is 0 Å². The first-order chi connectivity index (χ1) is 7.34. The van der Waals surface area contributed by atoms with Crippen molar-refractivity contribution in [2.75, 3.05) is 0 Å². The first kappa shape index (κ1) is 10.1. The van der Waals surface area contributed by atoms with Gasteiger partial charge < -0.3 is 5.32 Å². The van der Waals surface area contributed by atoms with E-state index >= 15 is 0 Å². The summed E-state index contributed by atoms with van der Waals surface area (Å²) in [7, 11) is 0. The second kappa shape index (κ2) is 4.86. The lowest BCUT2D eigenvalue weighted by Gasteiger charge is -2.22. The summed E-state index contributed by atoms with van der Waals surface area (Å²) in [5, 5.41) is 13.6. The molecule has 0 spiro atoms. The van der Waals surface area contributed by atoms with Crippen molar-refractivity contribution in [3.63, 3.8) is 0 Å². The van der Waals surface area contributed by atoms with Gasteiger partial charge in [0.2, 0.25) is 5.91 Å². The lowest BCUT2D eigenvalue weighted by molar-refractivity contribution is -0.122. The Balaban J connectivity index is 1.76. The number of aromatic nitrogens is 4. The Bertz CT molecular complexity index is 304. The number of rotatable bonds is 3. The number of amides is 1. The van der Waals surface area contributed by atoms with Gasteiger partial charge in [-0.3, -0.25) is 4.79 Å². The third-order valence-corrected chi connectivity index (χ3v) is 2.67. The van der Waals surface area contributed by atoms with Crippen molar-refractivity contribution in [1.82, 2.24) is 25.5 Å².